The molecule has 0 saturated heterocycles. The van der Waals surface area contributed by atoms with Crippen LogP contribution in [0.4, 0.5) is 20.0 Å². The van der Waals surface area contributed by atoms with E-state index < -0.39 is 17.7 Å². The Kier molecular flexibility index (Phi) is 7.75. The van der Waals surface area contributed by atoms with Crippen molar-refractivity contribution >= 4 is 61.8 Å². The van der Waals surface area contributed by atoms with Crippen LogP contribution in [0.25, 0.3) is 0 Å². The molecule has 162 valence electrons. The zero-order valence-electron chi connectivity index (χ0n) is 16.7. The Bertz CT molecular complexity index is 920. The maximum Gasteiger partial charge on any atom is 0.330 e. The Morgan fingerprint density at radius 2 is 2.10 bits per heavy atom. The fourth-order valence-corrected chi connectivity index (χ4v) is 5.47. The number of amides is 2. The highest BCUT2D eigenvalue weighted by atomic mass is 79.9. The van der Waals surface area contributed by atoms with Crippen molar-refractivity contribution in [2.75, 3.05) is 22.6 Å². The minimum atomic E-state index is -0.839. The Morgan fingerprint density at radius 1 is 1.40 bits per heavy atom. The molecule has 3 rings (SSSR count). The summed E-state index contributed by atoms with van der Waals surface area (Å²) >= 11 is 5.91. The SMILES string of the molecule is CC(CSc1cnc(N(C)C(=O)N(c2ccc(Br)c(F)c2)C2CCCC2)s1)C(=O)O. The quantitative estimate of drug-likeness (QED) is 0.467. The minimum absolute atomic E-state index is 0.0192. The number of carboxylic acid groups (broad SMARTS) is 1. The number of halogens is 2. The maximum absolute atomic E-state index is 14.2. The van der Waals surface area contributed by atoms with E-state index in [2.05, 4.69) is 20.9 Å². The zero-order valence-corrected chi connectivity index (χ0v) is 19.9. The topological polar surface area (TPSA) is 73.7 Å². The monoisotopic (exact) mass is 515 g/mol. The lowest BCUT2D eigenvalue weighted by Crippen LogP contribution is -2.46. The number of carbonyl (C=O) groups excluding carboxylic acids is 1. The highest BCUT2D eigenvalue weighted by molar-refractivity contribution is 9.10. The van der Waals surface area contributed by atoms with Gasteiger partial charge in [0.1, 0.15) is 5.82 Å². The Hall–Kier alpha value is -1.65. The predicted molar refractivity (Wildman–Crippen MR) is 122 cm³/mol. The van der Waals surface area contributed by atoms with Crippen LogP contribution in [-0.4, -0.2) is 40.9 Å². The van der Waals surface area contributed by atoms with Gasteiger partial charge in [-0.15, -0.1) is 11.8 Å². The third kappa shape index (κ3) is 5.33. The number of hydrogen-bond donors (Lipinski definition) is 1. The fraction of sp³-hybridized carbons (Fsp3) is 0.450. The largest absolute Gasteiger partial charge is 0.481 e. The summed E-state index contributed by atoms with van der Waals surface area (Å²) in [5, 5.41) is 9.54. The molecule has 2 amide bonds. The number of aromatic nitrogens is 1. The van der Waals surface area contributed by atoms with Crippen LogP contribution in [0.3, 0.4) is 0 Å². The first-order valence-electron chi connectivity index (χ1n) is 9.61. The van der Waals surface area contributed by atoms with Crippen molar-refractivity contribution in [2.45, 2.75) is 42.9 Å². The Morgan fingerprint density at radius 3 is 2.73 bits per heavy atom. The van der Waals surface area contributed by atoms with Crippen LogP contribution in [0.2, 0.25) is 0 Å². The van der Waals surface area contributed by atoms with E-state index in [4.69, 9.17) is 5.11 Å². The van der Waals surface area contributed by atoms with Gasteiger partial charge in [0.05, 0.1) is 20.8 Å². The van der Waals surface area contributed by atoms with Gasteiger partial charge < -0.3 is 5.11 Å². The summed E-state index contributed by atoms with van der Waals surface area (Å²) in [5.74, 6) is -1.29. The average Bonchev–Trinajstić information content (AvgIpc) is 3.40. The normalized spacial score (nSPS) is 15.2. The van der Waals surface area contributed by atoms with E-state index in [1.54, 1.807) is 37.2 Å². The molecule has 1 fully saturated rings. The van der Waals surface area contributed by atoms with Crippen LogP contribution in [0.1, 0.15) is 32.6 Å². The molecule has 0 radical (unpaired) electrons. The van der Waals surface area contributed by atoms with Gasteiger partial charge in [-0.3, -0.25) is 14.6 Å². The molecule has 1 N–H and O–H groups in total. The van der Waals surface area contributed by atoms with Gasteiger partial charge in [0.25, 0.3) is 0 Å². The molecule has 30 heavy (non-hydrogen) atoms. The zero-order chi connectivity index (χ0) is 21.8. The summed E-state index contributed by atoms with van der Waals surface area (Å²) in [4.78, 5) is 31.9. The number of nitrogens with zero attached hydrogens (tertiary/aromatic N) is 3. The summed E-state index contributed by atoms with van der Waals surface area (Å²) in [7, 11) is 1.66. The van der Waals surface area contributed by atoms with Crippen molar-refractivity contribution in [2.24, 2.45) is 5.92 Å². The molecule has 1 unspecified atom stereocenters. The highest BCUT2D eigenvalue weighted by Crippen LogP contribution is 2.35. The Balaban J connectivity index is 1.79. The molecule has 1 aromatic heterocycles. The molecular formula is C20H23BrFN3O3S2. The second-order valence-electron chi connectivity index (χ2n) is 7.26. The van der Waals surface area contributed by atoms with Gasteiger partial charge in [0.15, 0.2) is 5.13 Å². The van der Waals surface area contributed by atoms with Crippen molar-refractivity contribution < 1.29 is 19.1 Å². The molecule has 6 nitrogen and oxygen atoms in total. The fourth-order valence-electron chi connectivity index (χ4n) is 3.27. The summed E-state index contributed by atoms with van der Waals surface area (Å²) in [5.41, 5.74) is 0.529. The van der Waals surface area contributed by atoms with Gasteiger partial charge in [-0.1, -0.05) is 31.1 Å². The molecule has 1 heterocycles. The van der Waals surface area contributed by atoms with Crippen molar-refractivity contribution in [1.29, 1.82) is 0 Å². The number of rotatable bonds is 7. The van der Waals surface area contributed by atoms with Crippen LogP contribution in [-0.2, 0) is 4.79 Å². The number of thiazole rings is 1. The van der Waals surface area contributed by atoms with E-state index >= 15 is 0 Å². The number of benzene rings is 1. The molecule has 0 bridgehead atoms. The first-order valence-corrected chi connectivity index (χ1v) is 12.2. The smallest absolute Gasteiger partial charge is 0.330 e. The second-order valence-corrected chi connectivity index (χ2v) is 10.4. The first kappa shape index (κ1) is 23.0. The van der Waals surface area contributed by atoms with Gasteiger partial charge >= 0.3 is 12.0 Å². The van der Waals surface area contributed by atoms with E-state index in [0.29, 0.717) is 21.0 Å². The number of anilines is 2. The minimum Gasteiger partial charge on any atom is -0.481 e. The summed E-state index contributed by atoms with van der Waals surface area (Å²) in [6, 6.07) is 4.50. The molecule has 0 spiro atoms. The van der Waals surface area contributed by atoms with Crippen LogP contribution in [0.5, 0.6) is 0 Å². The molecule has 1 aromatic carbocycles. The molecule has 1 saturated carbocycles. The molecule has 0 aliphatic heterocycles. The van der Waals surface area contributed by atoms with Crippen molar-refractivity contribution in [3.8, 4) is 0 Å². The lowest BCUT2D eigenvalue weighted by atomic mass is 10.2. The first-order chi connectivity index (χ1) is 14.3. The lowest BCUT2D eigenvalue weighted by Gasteiger charge is -2.32. The molecule has 1 aliphatic carbocycles. The van der Waals surface area contributed by atoms with Crippen LogP contribution in [0.15, 0.2) is 33.1 Å². The van der Waals surface area contributed by atoms with Gasteiger partial charge in [-0.2, -0.15) is 0 Å². The van der Waals surface area contributed by atoms with Crippen molar-refractivity contribution in [3.63, 3.8) is 0 Å². The van der Waals surface area contributed by atoms with Crippen molar-refractivity contribution in [3.05, 3.63) is 34.7 Å². The van der Waals surface area contributed by atoms with Crippen LogP contribution in [0, 0.1) is 11.7 Å². The van der Waals surface area contributed by atoms with E-state index in [1.807, 2.05) is 0 Å². The van der Waals surface area contributed by atoms with Crippen LogP contribution >= 0.6 is 39.0 Å². The standard InChI is InChI=1S/C20H23BrFN3O3S2/c1-12(18(26)27)11-29-17-10-23-19(30-17)24(2)20(28)25(13-5-3-4-6-13)14-7-8-15(21)16(22)9-14/h7-10,12-13H,3-6,11H2,1-2H3,(H,26,27). The molecule has 10 heteroatoms. The Labute approximate surface area is 191 Å². The molecule has 2 aromatic rings. The second kappa shape index (κ2) is 10.1. The van der Waals surface area contributed by atoms with Crippen LogP contribution < -0.4 is 9.80 Å². The predicted octanol–water partition coefficient (Wildman–Crippen LogP) is 5.86. The molecule has 1 aliphatic rings. The number of hydrogen-bond acceptors (Lipinski definition) is 5. The maximum atomic E-state index is 14.2. The van der Waals surface area contributed by atoms with Crippen molar-refractivity contribution in [1.82, 2.24) is 4.98 Å². The van der Waals surface area contributed by atoms with Gasteiger partial charge in [-0.05, 0) is 47.0 Å². The van der Waals surface area contributed by atoms with E-state index in [0.717, 1.165) is 29.9 Å². The van der Waals surface area contributed by atoms with E-state index in [-0.39, 0.29) is 12.1 Å². The summed E-state index contributed by atoms with van der Waals surface area (Å²) in [6.07, 6.45) is 5.49. The molecule has 1 atom stereocenters. The van der Waals surface area contributed by atoms with Gasteiger partial charge in [-0.25, -0.2) is 14.2 Å². The highest BCUT2D eigenvalue weighted by Gasteiger charge is 2.32. The number of aliphatic carboxylic acids is 1. The summed E-state index contributed by atoms with van der Waals surface area (Å²) in [6.45, 7) is 1.66. The van der Waals surface area contributed by atoms with Gasteiger partial charge in [0.2, 0.25) is 0 Å². The third-order valence-electron chi connectivity index (χ3n) is 5.02. The lowest BCUT2D eigenvalue weighted by molar-refractivity contribution is -0.140. The van der Waals surface area contributed by atoms with Gasteiger partial charge in [0, 0.05) is 24.5 Å². The summed E-state index contributed by atoms with van der Waals surface area (Å²) < 4.78 is 15.4. The number of thioether (sulfide) groups is 1. The number of carboxylic acids is 1. The van der Waals surface area contributed by atoms with E-state index in [1.165, 1.54) is 34.1 Å². The number of carbonyl (C=O) groups is 2. The molecular weight excluding hydrogens is 493 g/mol. The average molecular weight is 516 g/mol. The third-order valence-corrected chi connectivity index (χ3v) is 8.19. The van der Waals surface area contributed by atoms with E-state index in [9.17, 15) is 14.0 Å². The number of urea groups is 1.